The molecule has 0 saturated heterocycles. The van der Waals surface area contributed by atoms with Gasteiger partial charge in [0.25, 0.3) is 11.8 Å². The van der Waals surface area contributed by atoms with Crippen molar-refractivity contribution in [2.45, 2.75) is 12.6 Å². The average Bonchev–Trinajstić information content (AvgIpc) is 3.03. The second kappa shape index (κ2) is 8.82. The van der Waals surface area contributed by atoms with Crippen LogP contribution in [0.25, 0.3) is 0 Å². The molecule has 8 nitrogen and oxygen atoms in total. The predicted molar refractivity (Wildman–Crippen MR) is 107 cm³/mol. The third kappa shape index (κ3) is 4.58. The molecule has 28 heavy (non-hydrogen) atoms. The maximum atomic E-state index is 14.2. The molecule has 0 bridgehead atoms. The Hall–Kier alpha value is -2.28. The van der Waals surface area contributed by atoms with Crippen molar-refractivity contribution in [3.05, 3.63) is 56.4 Å². The molecule has 0 unspecified atom stereocenters. The number of rotatable bonds is 7. The summed E-state index contributed by atoms with van der Waals surface area (Å²) in [5, 5.41) is 23.6. The van der Waals surface area contributed by atoms with E-state index in [1.807, 2.05) is 22.6 Å². The minimum Gasteiger partial charge on any atom is -0.394 e. The Labute approximate surface area is 173 Å². The Bertz CT molecular complexity index is 924. The molecule has 1 aliphatic heterocycles. The molecule has 0 spiro atoms. The lowest BCUT2D eigenvalue weighted by molar-refractivity contribution is -0.0295. The zero-order chi connectivity index (χ0) is 20.3. The molecule has 2 aromatic rings. The maximum absolute atomic E-state index is 14.2. The van der Waals surface area contributed by atoms with Crippen LogP contribution in [0.1, 0.15) is 26.3 Å². The molecule has 148 valence electrons. The summed E-state index contributed by atoms with van der Waals surface area (Å²) in [6, 6.07) is 7.56. The van der Waals surface area contributed by atoms with Crippen LogP contribution in [0, 0.1) is 9.39 Å². The third-order valence-electron chi connectivity index (χ3n) is 4.02. The van der Waals surface area contributed by atoms with Crippen LogP contribution in [0.15, 0.2) is 30.3 Å². The number of carbonyl (C=O) groups is 2. The largest absolute Gasteiger partial charge is 0.394 e. The maximum Gasteiger partial charge on any atom is 0.276 e. The van der Waals surface area contributed by atoms with Crippen LogP contribution < -0.4 is 16.1 Å². The molecule has 1 heterocycles. The van der Waals surface area contributed by atoms with E-state index in [2.05, 4.69) is 16.1 Å². The van der Waals surface area contributed by atoms with E-state index in [-0.39, 0.29) is 36.0 Å². The summed E-state index contributed by atoms with van der Waals surface area (Å²) in [5.41, 5.74) is 3.68. The van der Waals surface area contributed by atoms with Gasteiger partial charge in [0.05, 0.1) is 23.5 Å². The first-order valence-electron chi connectivity index (χ1n) is 8.27. The van der Waals surface area contributed by atoms with Gasteiger partial charge in [-0.15, -0.1) is 0 Å². The van der Waals surface area contributed by atoms with Crippen LogP contribution in [0.2, 0.25) is 0 Å². The van der Waals surface area contributed by atoms with Crippen molar-refractivity contribution in [3.8, 4) is 0 Å². The number of hydrogen-bond acceptors (Lipinski definition) is 6. The highest BCUT2D eigenvalue weighted by molar-refractivity contribution is 14.1. The number of aliphatic hydroxyl groups excluding tert-OH is 2. The van der Waals surface area contributed by atoms with Crippen molar-refractivity contribution in [1.29, 1.82) is 0 Å². The van der Waals surface area contributed by atoms with Gasteiger partial charge in [0.1, 0.15) is 18.5 Å². The van der Waals surface area contributed by atoms with Crippen molar-refractivity contribution < 1.29 is 29.0 Å². The normalized spacial score (nSPS) is 13.6. The first-order valence-corrected chi connectivity index (χ1v) is 9.35. The molecule has 2 aromatic carbocycles. The van der Waals surface area contributed by atoms with Crippen LogP contribution in [-0.2, 0) is 11.4 Å². The van der Waals surface area contributed by atoms with Gasteiger partial charge in [-0.1, -0.05) is 0 Å². The summed E-state index contributed by atoms with van der Waals surface area (Å²) in [6.07, 6.45) is -1.14. The Morgan fingerprint density at radius 2 is 2.11 bits per heavy atom. The first kappa shape index (κ1) is 20.5. The lowest BCUT2D eigenvalue weighted by Gasteiger charge is -2.15. The van der Waals surface area contributed by atoms with Crippen molar-refractivity contribution in [2.75, 3.05) is 18.5 Å². The van der Waals surface area contributed by atoms with E-state index >= 15 is 0 Å². The Kier molecular flexibility index (Phi) is 6.44. The van der Waals surface area contributed by atoms with Crippen molar-refractivity contribution >= 4 is 45.8 Å². The molecule has 0 fully saturated rings. The molecule has 0 aliphatic carbocycles. The average molecular weight is 501 g/mol. The lowest BCUT2D eigenvalue weighted by atomic mass is 10.0. The van der Waals surface area contributed by atoms with Gasteiger partial charge < -0.3 is 20.8 Å². The fourth-order valence-corrected chi connectivity index (χ4v) is 3.06. The highest BCUT2D eigenvalue weighted by atomic mass is 127. The monoisotopic (exact) mass is 501 g/mol. The predicted octanol–water partition coefficient (Wildman–Crippen LogP) is 1.43. The van der Waals surface area contributed by atoms with Crippen molar-refractivity contribution in [2.24, 2.45) is 0 Å². The standard InChI is InChI=1S/C18H17FIN3O5/c19-14-4-10(20)1-2-15(14)22-16-5-12-9(6-21-17(12)26)3-13(16)18(27)23-28-8-11(25)7-24/h1-5,11,22,24-25H,6-8H2,(H,21,26)(H,23,27)/t11-/m1/s1. The van der Waals surface area contributed by atoms with E-state index < -0.39 is 24.4 Å². The fraction of sp³-hybridized carbons (Fsp3) is 0.222. The quantitative estimate of drug-likeness (QED) is 0.290. The summed E-state index contributed by atoms with van der Waals surface area (Å²) in [5.74, 6) is -1.44. The van der Waals surface area contributed by atoms with E-state index in [0.29, 0.717) is 14.7 Å². The fourth-order valence-electron chi connectivity index (χ4n) is 2.61. The molecule has 2 amide bonds. The number of hydrogen-bond donors (Lipinski definition) is 5. The summed E-state index contributed by atoms with van der Waals surface area (Å²) in [6.45, 7) is -0.542. The molecule has 10 heteroatoms. The van der Waals surface area contributed by atoms with Crippen LogP contribution in [0.5, 0.6) is 0 Å². The number of nitrogens with one attached hydrogen (secondary N) is 3. The van der Waals surface area contributed by atoms with Gasteiger partial charge in [-0.3, -0.25) is 14.4 Å². The van der Waals surface area contributed by atoms with Gasteiger partial charge in [0.2, 0.25) is 0 Å². The lowest BCUT2D eigenvalue weighted by Crippen LogP contribution is -2.30. The zero-order valence-corrected chi connectivity index (χ0v) is 16.6. The number of anilines is 2. The third-order valence-corrected chi connectivity index (χ3v) is 4.69. The number of fused-ring (bicyclic) bond motifs is 1. The van der Waals surface area contributed by atoms with Gasteiger partial charge in [0.15, 0.2) is 0 Å². The van der Waals surface area contributed by atoms with Gasteiger partial charge in [-0.05, 0) is 58.5 Å². The van der Waals surface area contributed by atoms with E-state index in [4.69, 9.17) is 9.94 Å². The first-order chi connectivity index (χ1) is 13.4. The van der Waals surface area contributed by atoms with Gasteiger partial charge in [0, 0.05) is 15.7 Å². The molecule has 1 aliphatic rings. The number of hydroxylamine groups is 1. The second-order valence-corrected chi connectivity index (χ2v) is 7.31. The number of carbonyl (C=O) groups excluding carboxylic acids is 2. The summed E-state index contributed by atoms with van der Waals surface area (Å²) < 4.78 is 14.9. The number of benzene rings is 2. The number of aliphatic hydroxyl groups is 2. The highest BCUT2D eigenvalue weighted by Crippen LogP contribution is 2.29. The zero-order valence-electron chi connectivity index (χ0n) is 14.5. The Morgan fingerprint density at radius 3 is 2.82 bits per heavy atom. The number of amides is 2. The second-order valence-electron chi connectivity index (χ2n) is 6.07. The Morgan fingerprint density at radius 1 is 1.32 bits per heavy atom. The van der Waals surface area contributed by atoms with Gasteiger partial charge in [-0.2, -0.15) is 0 Å². The molecular formula is C18H17FIN3O5. The summed E-state index contributed by atoms with van der Waals surface area (Å²) >= 11 is 1.98. The molecule has 3 rings (SSSR count). The number of halogens is 2. The SMILES string of the molecule is O=C1NCc2cc(C(=O)NOC[C@H](O)CO)c(Nc3ccc(I)cc3F)cc21. The van der Waals surface area contributed by atoms with E-state index in [0.717, 1.165) is 0 Å². The van der Waals surface area contributed by atoms with Crippen LogP contribution >= 0.6 is 22.6 Å². The van der Waals surface area contributed by atoms with Crippen molar-refractivity contribution in [3.63, 3.8) is 0 Å². The molecule has 0 radical (unpaired) electrons. The van der Waals surface area contributed by atoms with Gasteiger partial charge in [-0.25, -0.2) is 9.87 Å². The van der Waals surface area contributed by atoms with Gasteiger partial charge >= 0.3 is 0 Å². The molecule has 1 atom stereocenters. The van der Waals surface area contributed by atoms with E-state index in [1.54, 1.807) is 6.07 Å². The van der Waals surface area contributed by atoms with Crippen LogP contribution in [0.4, 0.5) is 15.8 Å². The summed E-state index contributed by atoms with van der Waals surface area (Å²) in [7, 11) is 0. The molecular weight excluding hydrogens is 484 g/mol. The molecule has 0 saturated carbocycles. The van der Waals surface area contributed by atoms with E-state index in [9.17, 15) is 19.1 Å². The highest BCUT2D eigenvalue weighted by Gasteiger charge is 2.24. The van der Waals surface area contributed by atoms with Crippen LogP contribution in [0.3, 0.4) is 0 Å². The Balaban J connectivity index is 1.89. The minimum absolute atomic E-state index is 0.131. The molecule has 5 N–H and O–H groups in total. The smallest absolute Gasteiger partial charge is 0.276 e. The topological polar surface area (TPSA) is 120 Å². The van der Waals surface area contributed by atoms with Crippen molar-refractivity contribution in [1.82, 2.24) is 10.8 Å². The minimum atomic E-state index is -1.14. The summed E-state index contributed by atoms with van der Waals surface area (Å²) in [4.78, 5) is 29.4. The molecule has 0 aromatic heterocycles. The van der Waals surface area contributed by atoms with Crippen LogP contribution in [-0.4, -0.2) is 41.3 Å². The van der Waals surface area contributed by atoms with E-state index in [1.165, 1.54) is 24.3 Å².